The standard InChI is InChI=1S/C12H14N6O2/c1-2-4-12(14-6-10-8-20-18-16-10)11(3-1)13-5-9-7-19-17-15-9/h5-8,11-12H,1-4H2. The first-order valence-corrected chi connectivity index (χ1v) is 6.52. The molecule has 0 radical (unpaired) electrons. The molecule has 2 atom stereocenters. The number of aromatic nitrogens is 4. The molecule has 1 fully saturated rings. The van der Waals surface area contributed by atoms with Crippen LogP contribution in [0.3, 0.4) is 0 Å². The van der Waals surface area contributed by atoms with E-state index in [4.69, 9.17) is 0 Å². The second-order valence-electron chi connectivity index (χ2n) is 4.64. The molecule has 1 aliphatic carbocycles. The topological polar surface area (TPSA) is 103 Å². The number of aliphatic imine (C=N–C) groups is 2. The van der Waals surface area contributed by atoms with Crippen LogP contribution in [0.25, 0.3) is 0 Å². The third-order valence-corrected chi connectivity index (χ3v) is 3.24. The van der Waals surface area contributed by atoms with Crippen LogP contribution in [0, 0.1) is 0 Å². The Hall–Kier alpha value is -2.38. The highest BCUT2D eigenvalue weighted by atomic mass is 16.5. The van der Waals surface area contributed by atoms with Crippen LogP contribution in [0.4, 0.5) is 0 Å². The third kappa shape index (κ3) is 3.14. The smallest absolute Gasteiger partial charge is 0.153 e. The first kappa shape index (κ1) is 12.6. The van der Waals surface area contributed by atoms with Crippen molar-refractivity contribution in [2.75, 3.05) is 0 Å². The lowest BCUT2D eigenvalue weighted by Gasteiger charge is -2.25. The second kappa shape index (κ2) is 6.18. The van der Waals surface area contributed by atoms with E-state index in [2.05, 4.69) is 39.8 Å². The van der Waals surface area contributed by atoms with Crippen molar-refractivity contribution >= 4 is 12.4 Å². The molecule has 1 saturated carbocycles. The normalized spacial score (nSPS) is 23.8. The highest BCUT2D eigenvalue weighted by Gasteiger charge is 2.23. The highest BCUT2D eigenvalue weighted by Crippen LogP contribution is 2.23. The zero-order valence-electron chi connectivity index (χ0n) is 10.8. The van der Waals surface area contributed by atoms with E-state index < -0.39 is 0 Å². The lowest BCUT2D eigenvalue weighted by atomic mass is 9.91. The van der Waals surface area contributed by atoms with Gasteiger partial charge in [-0.25, -0.2) is 0 Å². The minimum atomic E-state index is 0.150. The molecule has 0 amide bonds. The molecule has 8 heteroatoms. The quantitative estimate of drug-likeness (QED) is 0.778. The number of hydrogen-bond donors (Lipinski definition) is 0. The van der Waals surface area contributed by atoms with Crippen LogP contribution in [0.2, 0.25) is 0 Å². The molecule has 0 saturated heterocycles. The summed E-state index contributed by atoms with van der Waals surface area (Å²) >= 11 is 0. The Labute approximate surface area is 114 Å². The highest BCUT2D eigenvalue weighted by molar-refractivity contribution is 5.77. The SMILES string of the molecule is C(=NC1CCCCC1N=Cc1conn1)c1conn1. The van der Waals surface area contributed by atoms with E-state index in [0.29, 0.717) is 11.4 Å². The number of rotatable bonds is 4. The van der Waals surface area contributed by atoms with Crippen molar-refractivity contribution in [3.05, 3.63) is 23.9 Å². The van der Waals surface area contributed by atoms with E-state index >= 15 is 0 Å². The summed E-state index contributed by atoms with van der Waals surface area (Å²) < 4.78 is 9.34. The van der Waals surface area contributed by atoms with Crippen LogP contribution in [0.1, 0.15) is 37.1 Å². The lowest BCUT2D eigenvalue weighted by molar-refractivity contribution is 0.390. The van der Waals surface area contributed by atoms with Gasteiger partial charge in [0.25, 0.3) is 0 Å². The van der Waals surface area contributed by atoms with Gasteiger partial charge in [-0.15, -0.1) is 10.2 Å². The summed E-state index contributed by atoms with van der Waals surface area (Å²) in [5.41, 5.74) is 1.25. The molecule has 0 spiro atoms. The van der Waals surface area contributed by atoms with Crippen LogP contribution in [-0.4, -0.2) is 45.3 Å². The maximum absolute atomic E-state index is 4.67. The van der Waals surface area contributed by atoms with Gasteiger partial charge in [0.05, 0.1) is 24.5 Å². The van der Waals surface area contributed by atoms with Crippen LogP contribution >= 0.6 is 0 Å². The summed E-state index contributed by atoms with van der Waals surface area (Å²) in [5, 5.41) is 14.4. The Morgan fingerprint density at radius 3 is 1.80 bits per heavy atom. The third-order valence-electron chi connectivity index (χ3n) is 3.24. The molecule has 104 valence electrons. The van der Waals surface area contributed by atoms with Crippen molar-refractivity contribution in [3.63, 3.8) is 0 Å². The van der Waals surface area contributed by atoms with Gasteiger partial charge >= 0.3 is 0 Å². The minimum absolute atomic E-state index is 0.150. The van der Waals surface area contributed by atoms with Crippen LogP contribution in [0.5, 0.6) is 0 Å². The second-order valence-corrected chi connectivity index (χ2v) is 4.64. The average Bonchev–Trinajstić information content (AvgIpc) is 3.17. The van der Waals surface area contributed by atoms with Crippen molar-refractivity contribution in [1.29, 1.82) is 0 Å². The van der Waals surface area contributed by atoms with Crippen molar-refractivity contribution in [1.82, 2.24) is 20.7 Å². The van der Waals surface area contributed by atoms with E-state index in [1.54, 1.807) is 12.4 Å². The molecule has 3 rings (SSSR count). The predicted molar refractivity (Wildman–Crippen MR) is 69.8 cm³/mol. The molecule has 0 aromatic carbocycles. The van der Waals surface area contributed by atoms with E-state index in [-0.39, 0.29) is 12.1 Å². The molecule has 20 heavy (non-hydrogen) atoms. The van der Waals surface area contributed by atoms with Gasteiger partial charge in [-0.05, 0) is 12.8 Å². The fourth-order valence-electron chi connectivity index (χ4n) is 2.24. The summed E-state index contributed by atoms with van der Waals surface area (Å²) in [6.45, 7) is 0. The molecule has 0 aliphatic heterocycles. The molecule has 2 heterocycles. The van der Waals surface area contributed by atoms with Gasteiger partial charge < -0.3 is 9.05 Å². The monoisotopic (exact) mass is 274 g/mol. The fourth-order valence-corrected chi connectivity index (χ4v) is 2.24. The Morgan fingerprint density at radius 2 is 1.40 bits per heavy atom. The average molecular weight is 274 g/mol. The van der Waals surface area contributed by atoms with E-state index in [0.717, 1.165) is 25.7 Å². The summed E-state index contributed by atoms with van der Waals surface area (Å²) in [4.78, 5) is 9.09. The molecular formula is C12H14N6O2. The van der Waals surface area contributed by atoms with Crippen molar-refractivity contribution in [2.24, 2.45) is 9.98 Å². The number of hydrogen-bond acceptors (Lipinski definition) is 8. The summed E-state index contributed by atoms with van der Waals surface area (Å²) in [7, 11) is 0. The van der Waals surface area contributed by atoms with Crippen molar-refractivity contribution in [3.8, 4) is 0 Å². The molecule has 2 aromatic rings. The Bertz CT molecular complexity index is 511. The summed E-state index contributed by atoms with van der Waals surface area (Å²) in [5.74, 6) is 0. The molecule has 2 aromatic heterocycles. The van der Waals surface area contributed by atoms with Gasteiger partial charge in [-0.2, -0.15) is 0 Å². The Balaban J connectivity index is 1.67. The zero-order valence-corrected chi connectivity index (χ0v) is 10.8. The number of nitrogens with zero attached hydrogens (tertiary/aromatic N) is 6. The van der Waals surface area contributed by atoms with E-state index in [1.165, 1.54) is 12.5 Å². The van der Waals surface area contributed by atoms with Gasteiger partial charge in [-0.1, -0.05) is 12.8 Å². The molecule has 2 unspecified atom stereocenters. The van der Waals surface area contributed by atoms with Crippen LogP contribution in [-0.2, 0) is 0 Å². The predicted octanol–water partition coefficient (Wildman–Crippen LogP) is 1.30. The Morgan fingerprint density at radius 1 is 0.900 bits per heavy atom. The molecule has 0 bridgehead atoms. The summed E-state index contributed by atoms with van der Waals surface area (Å²) in [6, 6.07) is 0.299. The molecule has 1 aliphatic rings. The van der Waals surface area contributed by atoms with E-state index in [1.807, 2.05) is 0 Å². The van der Waals surface area contributed by atoms with Crippen molar-refractivity contribution in [2.45, 2.75) is 37.8 Å². The first-order valence-electron chi connectivity index (χ1n) is 6.52. The van der Waals surface area contributed by atoms with Gasteiger partial charge in [0.2, 0.25) is 0 Å². The minimum Gasteiger partial charge on any atom is -0.345 e. The van der Waals surface area contributed by atoms with Gasteiger partial charge in [-0.3, -0.25) is 9.98 Å². The van der Waals surface area contributed by atoms with Gasteiger partial charge in [0, 0.05) is 10.5 Å². The first-order chi connectivity index (χ1) is 9.92. The maximum atomic E-state index is 4.67. The van der Waals surface area contributed by atoms with E-state index in [9.17, 15) is 0 Å². The van der Waals surface area contributed by atoms with Crippen LogP contribution in [0.15, 0.2) is 31.6 Å². The lowest BCUT2D eigenvalue weighted by Crippen LogP contribution is -2.27. The van der Waals surface area contributed by atoms with Crippen LogP contribution < -0.4 is 0 Å². The van der Waals surface area contributed by atoms with Gasteiger partial charge in [0.1, 0.15) is 11.4 Å². The largest absolute Gasteiger partial charge is 0.345 e. The maximum Gasteiger partial charge on any atom is 0.153 e. The van der Waals surface area contributed by atoms with Gasteiger partial charge in [0.15, 0.2) is 12.5 Å². The fraction of sp³-hybridized carbons (Fsp3) is 0.500. The molecule has 8 nitrogen and oxygen atoms in total. The van der Waals surface area contributed by atoms with Crippen molar-refractivity contribution < 1.29 is 9.05 Å². The summed E-state index contributed by atoms with van der Waals surface area (Å²) in [6.07, 6.45) is 10.7. The molecule has 0 N–H and O–H groups in total. The Kier molecular flexibility index (Phi) is 3.91. The molecular weight excluding hydrogens is 260 g/mol. The zero-order chi connectivity index (χ0) is 13.6.